The number of hydrogen-bond acceptors (Lipinski definition) is 10. The van der Waals surface area contributed by atoms with Crippen LogP contribution in [0.1, 0.15) is 56.8 Å². The molecule has 0 fully saturated rings. The number of aromatic nitrogens is 3. The first-order valence-corrected chi connectivity index (χ1v) is 23.1. The summed E-state index contributed by atoms with van der Waals surface area (Å²) in [5, 5.41) is 4.07. The Morgan fingerprint density at radius 3 is 1.50 bits per heavy atom. The van der Waals surface area contributed by atoms with Crippen LogP contribution in [0.4, 0.5) is 26.3 Å². The van der Waals surface area contributed by atoms with Crippen molar-refractivity contribution < 1.29 is 62.2 Å². The van der Waals surface area contributed by atoms with E-state index >= 15 is 0 Å². The van der Waals surface area contributed by atoms with Gasteiger partial charge in [0.1, 0.15) is 24.2 Å². The first kappa shape index (κ1) is 46.3. The Hall–Kier alpha value is -5.23. The molecular weight excluding hydrogens is 983 g/mol. The molecule has 0 radical (unpaired) electrons. The van der Waals surface area contributed by atoms with E-state index in [4.69, 9.17) is 9.47 Å². The second kappa shape index (κ2) is 17.5. The molecule has 2 atom stereocenters. The number of fused-ring (bicyclic) bond motifs is 2. The van der Waals surface area contributed by atoms with Crippen molar-refractivity contribution in [3.05, 3.63) is 122 Å². The monoisotopic (exact) mass is 1020 g/mol. The zero-order valence-corrected chi connectivity index (χ0v) is 36.8. The normalized spacial score (nSPS) is 15.0. The summed E-state index contributed by atoms with van der Waals surface area (Å²) in [5.41, 5.74) is 3.84. The van der Waals surface area contributed by atoms with Crippen LogP contribution < -0.4 is 9.47 Å². The van der Waals surface area contributed by atoms with E-state index < -0.39 is 56.0 Å². The smallest absolute Gasteiger partial charge is 0.425 e. The molecule has 0 saturated carbocycles. The Labute approximate surface area is 365 Å². The maximum atomic E-state index is 13.3. The predicted molar refractivity (Wildman–Crippen MR) is 219 cm³/mol. The van der Waals surface area contributed by atoms with E-state index in [1.807, 2.05) is 36.4 Å². The van der Waals surface area contributed by atoms with E-state index in [2.05, 4.69) is 32.7 Å². The zero-order valence-electron chi connectivity index (χ0n) is 33.0. The summed E-state index contributed by atoms with van der Waals surface area (Å²) >= 11 is 2.15. The van der Waals surface area contributed by atoms with Crippen molar-refractivity contribution in [1.82, 2.24) is 24.6 Å². The van der Waals surface area contributed by atoms with Crippen LogP contribution in [-0.2, 0) is 45.9 Å². The summed E-state index contributed by atoms with van der Waals surface area (Å²) in [4.78, 5) is 32.8. The Bertz CT molecular complexity index is 2750. The lowest BCUT2D eigenvalue weighted by atomic mass is 10.1. The molecule has 0 bridgehead atoms. The SMILES string of the molecule is C[C@H](Oc1ccc(S(C)(=O)=O)cc1C(=O)N1Cc2ccc(-n3cncn3)cc2C1)C(F)(F)F.C[C@H](Oc1ccc(S(C)(=O)=O)cc1C(=O)N1Cc2ccc(I)cc2C1)C(F)(F)F. The van der Waals surface area contributed by atoms with E-state index in [1.54, 1.807) is 4.68 Å². The Kier molecular flexibility index (Phi) is 13.1. The number of amides is 2. The second-order valence-corrected chi connectivity index (χ2v) is 19.8. The lowest BCUT2D eigenvalue weighted by molar-refractivity contribution is -0.189. The predicted octanol–water partition coefficient (Wildman–Crippen LogP) is 7.34. The molecule has 0 unspecified atom stereocenters. The molecule has 7 rings (SSSR count). The lowest BCUT2D eigenvalue weighted by Crippen LogP contribution is -2.32. The van der Waals surface area contributed by atoms with Crippen molar-refractivity contribution in [3.8, 4) is 17.2 Å². The van der Waals surface area contributed by atoms with Crippen LogP contribution in [0, 0.1) is 3.57 Å². The van der Waals surface area contributed by atoms with Gasteiger partial charge in [0.15, 0.2) is 31.9 Å². The highest BCUT2D eigenvalue weighted by atomic mass is 127. The van der Waals surface area contributed by atoms with Gasteiger partial charge in [0.25, 0.3) is 11.8 Å². The lowest BCUT2D eigenvalue weighted by Gasteiger charge is -2.22. The zero-order chi connectivity index (χ0) is 45.5. The van der Waals surface area contributed by atoms with Gasteiger partial charge >= 0.3 is 12.4 Å². The molecule has 2 aliphatic rings. The highest BCUT2D eigenvalue weighted by Gasteiger charge is 2.40. The first-order valence-electron chi connectivity index (χ1n) is 18.3. The molecule has 0 spiro atoms. The number of sulfone groups is 2. The summed E-state index contributed by atoms with van der Waals surface area (Å²) in [6, 6.07) is 17.8. The molecule has 5 aromatic rings. The number of ether oxygens (including phenoxy) is 2. The van der Waals surface area contributed by atoms with Gasteiger partial charge < -0.3 is 19.3 Å². The average molecular weight is 1020 g/mol. The van der Waals surface area contributed by atoms with Crippen molar-refractivity contribution in [1.29, 1.82) is 0 Å². The van der Waals surface area contributed by atoms with Crippen molar-refractivity contribution >= 4 is 54.1 Å². The first-order chi connectivity index (χ1) is 28.8. The van der Waals surface area contributed by atoms with E-state index in [0.717, 1.165) is 94.3 Å². The summed E-state index contributed by atoms with van der Waals surface area (Å²) in [5.74, 6) is -1.87. The number of alkyl halides is 6. The molecular formula is C40H36F6IN5O8S2. The maximum Gasteiger partial charge on any atom is 0.425 e. The summed E-state index contributed by atoms with van der Waals surface area (Å²) in [6.45, 7) is 2.60. The van der Waals surface area contributed by atoms with Crippen LogP contribution in [0.3, 0.4) is 0 Å². The molecule has 0 N–H and O–H groups in total. The van der Waals surface area contributed by atoms with Gasteiger partial charge in [-0.1, -0.05) is 12.1 Å². The Morgan fingerprint density at radius 2 is 1.08 bits per heavy atom. The van der Waals surface area contributed by atoms with Crippen LogP contribution in [0.5, 0.6) is 11.5 Å². The topological polar surface area (TPSA) is 158 Å². The standard InChI is InChI=1S/C21H19F3N4O4S.C19H17F3INO4S/c1-13(21(22,23)24)32-19-6-5-17(33(2,30)31)8-18(19)20(29)27-9-14-3-4-16(7-15(14)10-27)28-12-25-11-26-28;1-11(19(20,21)22)28-17-6-5-15(29(2,26)27)8-16(17)18(25)24-9-12-3-4-14(23)7-13(12)10-24/h3-8,11-13H,9-10H2,1-2H3;3-8,11H,9-10H2,1-2H3/t13-;11-/m00/s1. The van der Waals surface area contributed by atoms with E-state index in [9.17, 15) is 52.8 Å². The van der Waals surface area contributed by atoms with E-state index in [1.165, 1.54) is 22.5 Å². The van der Waals surface area contributed by atoms with E-state index in [-0.39, 0.29) is 58.6 Å². The highest BCUT2D eigenvalue weighted by Crippen LogP contribution is 2.35. The summed E-state index contributed by atoms with van der Waals surface area (Å²) in [7, 11) is -7.37. The molecule has 1 aromatic heterocycles. The number of benzene rings is 4. The third-order valence-electron chi connectivity index (χ3n) is 9.81. The molecule has 62 heavy (non-hydrogen) atoms. The maximum absolute atomic E-state index is 13.3. The minimum Gasteiger partial charge on any atom is -0.480 e. The quantitative estimate of drug-likeness (QED) is 0.108. The van der Waals surface area contributed by atoms with Crippen LogP contribution in [-0.4, -0.2) is 90.3 Å². The van der Waals surface area contributed by atoms with Crippen LogP contribution in [0.2, 0.25) is 0 Å². The van der Waals surface area contributed by atoms with Gasteiger partial charge in [-0.25, -0.2) is 26.5 Å². The average Bonchev–Trinajstić information content (AvgIpc) is 3.96. The van der Waals surface area contributed by atoms with Gasteiger partial charge in [0.2, 0.25) is 0 Å². The second-order valence-electron chi connectivity index (χ2n) is 14.5. The number of carbonyl (C=O) groups excluding carboxylic acids is 2. The van der Waals surface area contributed by atoms with Gasteiger partial charge in [0.05, 0.1) is 26.6 Å². The molecule has 22 heteroatoms. The van der Waals surface area contributed by atoms with Crippen molar-refractivity contribution in [3.63, 3.8) is 0 Å². The van der Waals surface area contributed by atoms with Crippen LogP contribution in [0.15, 0.2) is 95.2 Å². The summed E-state index contributed by atoms with van der Waals surface area (Å²) in [6.07, 6.45) is -8.79. The fraction of sp³-hybridized carbons (Fsp3) is 0.300. The van der Waals surface area contributed by atoms with Gasteiger partial charge in [-0.05, 0) is 119 Å². The third kappa shape index (κ3) is 10.7. The molecule has 13 nitrogen and oxygen atoms in total. The molecule has 3 heterocycles. The van der Waals surface area contributed by atoms with Gasteiger partial charge in [-0.3, -0.25) is 9.59 Å². The summed E-state index contributed by atoms with van der Waals surface area (Å²) < 4.78 is 138. The Balaban J connectivity index is 0.000000209. The third-order valence-corrected chi connectivity index (χ3v) is 12.7. The van der Waals surface area contributed by atoms with Crippen molar-refractivity contribution in [2.45, 2.75) is 74.4 Å². The van der Waals surface area contributed by atoms with Crippen molar-refractivity contribution in [2.75, 3.05) is 12.5 Å². The number of hydrogen-bond donors (Lipinski definition) is 0. The fourth-order valence-electron chi connectivity index (χ4n) is 6.39. The molecule has 0 saturated heterocycles. The Morgan fingerprint density at radius 1 is 0.645 bits per heavy atom. The largest absolute Gasteiger partial charge is 0.480 e. The van der Waals surface area contributed by atoms with Crippen LogP contribution in [0.25, 0.3) is 5.69 Å². The molecule has 0 aliphatic carbocycles. The van der Waals surface area contributed by atoms with E-state index in [0.29, 0.717) is 0 Å². The highest BCUT2D eigenvalue weighted by molar-refractivity contribution is 14.1. The molecule has 330 valence electrons. The minimum absolute atomic E-state index is 0.167. The van der Waals surface area contributed by atoms with Crippen LogP contribution >= 0.6 is 22.6 Å². The number of rotatable bonds is 9. The number of carbonyl (C=O) groups is 2. The molecule has 2 amide bonds. The molecule has 2 aliphatic heterocycles. The molecule has 4 aromatic carbocycles. The minimum atomic E-state index is -4.66. The fourth-order valence-corrected chi connectivity index (χ4v) is 8.24. The van der Waals surface area contributed by atoms with Gasteiger partial charge in [-0.15, -0.1) is 0 Å². The van der Waals surface area contributed by atoms with Gasteiger partial charge in [-0.2, -0.15) is 31.4 Å². The number of halogens is 7. The van der Waals surface area contributed by atoms with Crippen molar-refractivity contribution in [2.24, 2.45) is 0 Å². The van der Waals surface area contributed by atoms with Gasteiger partial charge in [0, 0.05) is 42.3 Å². The number of nitrogens with zero attached hydrogens (tertiary/aromatic N) is 5.